The van der Waals surface area contributed by atoms with E-state index in [2.05, 4.69) is 37.3 Å². The summed E-state index contributed by atoms with van der Waals surface area (Å²) in [6, 6.07) is 9.78. The summed E-state index contributed by atoms with van der Waals surface area (Å²) in [5.41, 5.74) is 6.92. The predicted octanol–water partition coefficient (Wildman–Crippen LogP) is 10.6. The summed E-state index contributed by atoms with van der Waals surface area (Å²) in [7, 11) is 4.14. The Hall–Kier alpha value is -6.91. The van der Waals surface area contributed by atoms with E-state index < -0.39 is 17.0 Å². The number of hydrogen-bond donors (Lipinski definition) is 2. The minimum atomic E-state index is -0.687. The van der Waals surface area contributed by atoms with Crippen LogP contribution in [0.5, 0.6) is 0 Å². The van der Waals surface area contributed by atoms with Crippen LogP contribution in [0, 0.1) is 17.8 Å². The van der Waals surface area contributed by atoms with Gasteiger partial charge in [0.15, 0.2) is 0 Å². The molecular formula is C57H80N6O11. The molecule has 0 bridgehead atoms. The van der Waals surface area contributed by atoms with Crippen molar-refractivity contribution in [2.75, 3.05) is 21.3 Å². The first kappa shape index (κ1) is 61.4. The summed E-state index contributed by atoms with van der Waals surface area (Å²) in [5, 5.41) is 24.6. The first-order chi connectivity index (χ1) is 34.7. The number of Topliss-reactive ketones (excluding diaryl/α,β-unsaturated/α-hetero) is 1. The van der Waals surface area contributed by atoms with Gasteiger partial charge in [-0.2, -0.15) is 15.3 Å². The van der Waals surface area contributed by atoms with Crippen molar-refractivity contribution in [1.29, 1.82) is 0 Å². The van der Waals surface area contributed by atoms with Gasteiger partial charge in [-0.15, -0.1) is 0 Å². The molecule has 404 valence electrons. The molecule has 2 atom stereocenters. The van der Waals surface area contributed by atoms with Crippen molar-refractivity contribution < 1.29 is 52.8 Å². The molecule has 1 aromatic carbocycles. The normalized spacial score (nSPS) is 18.2. The van der Waals surface area contributed by atoms with Crippen LogP contribution >= 0.6 is 0 Å². The number of nitrogens with zero attached hydrogens (tertiary/aromatic N) is 5. The number of carboxylic acids is 1. The van der Waals surface area contributed by atoms with Gasteiger partial charge < -0.3 is 24.1 Å². The summed E-state index contributed by atoms with van der Waals surface area (Å²) in [4.78, 5) is 67.8. The lowest BCUT2D eigenvalue weighted by atomic mass is 9.79. The number of rotatable bonds is 15. The first-order valence-electron chi connectivity index (χ1n) is 24.9. The van der Waals surface area contributed by atoms with Gasteiger partial charge >= 0.3 is 29.8 Å². The van der Waals surface area contributed by atoms with Crippen LogP contribution in [0.4, 0.5) is 0 Å². The van der Waals surface area contributed by atoms with E-state index in [1.165, 1.54) is 38.6 Å². The van der Waals surface area contributed by atoms with E-state index in [4.69, 9.17) is 19.3 Å². The molecule has 2 N–H and O–H groups in total. The lowest BCUT2D eigenvalue weighted by Crippen LogP contribution is -2.30. The van der Waals surface area contributed by atoms with Gasteiger partial charge in [-0.1, -0.05) is 55.5 Å². The average Bonchev–Trinajstić information content (AvgIpc) is 4.21. The third kappa shape index (κ3) is 19.5. The number of hydrogen-bond acceptors (Lipinski definition) is 13. The number of nitrogens with one attached hydrogen (secondary N) is 1. The van der Waals surface area contributed by atoms with Gasteiger partial charge in [-0.25, -0.2) is 4.79 Å². The van der Waals surface area contributed by atoms with Crippen LogP contribution in [0.3, 0.4) is 0 Å². The van der Waals surface area contributed by atoms with Gasteiger partial charge in [0.1, 0.15) is 12.4 Å². The summed E-state index contributed by atoms with van der Waals surface area (Å²) in [6.07, 6.45) is 25.9. The van der Waals surface area contributed by atoms with Gasteiger partial charge in [0, 0.05) is 41.7 Å². The highest BCUT2D eigenvalue weighted by atomic mass is 16.5. The van der Waals surface area contributed by atoms with Gasteiger partial charge in [0.05, 0.1) is 75.7 Å². The Kier molecular flexibility index (Phi) is 24.6. The molecule has 3 aliphatic rings. The molecule has 3 aliphatic carbocycles. The molecular weight excluding hydrogens is 945 g/mol. The van der Waals surface area contributed by atoms with Crippen LogP contribution in [-0.2, 0) is 65.4 Å². The van der Waals surface area contributed by atoms with E-state index in [0.717, 1.165) is 92.0 Å². The van der Waals surface area contributed by atoms with E-state index in [0.29, 0.717) is 12.5 Å². The summed E-state index contributed by atoms with van der Waals surface area (Å²) in [5.74, 6) is -1.02. The fourth-order valence-electron chi connectivity index (χ4n) is 8.73. The monoisotopic (exact) mass is 1020 g/mol. The maximum absolute atomic E-state index is 12.1. The fourth-order valence-corrected chi connectivity index (χ4v) is 8.73. The smallest absolute Gasteiger partial charge is 0.330 e. The third-order valence-corrected chi connectivity index (χ3v) is 13.4. The highest BCUT2D eigenvalue weighted by Crippen LogP contribution is 2.37. The number of aromatic amines is 1. The zero-order valence-corrected chi connectivity index (χ0v) is 44.4. The number of carboxylic acid groups (broad SMARTS) is 1. The van der Waals surface area contributed by atoms with Gasteiger partial charge in [-0.05, 0) is 141 Å². The van der Waals surface area contributed by atoms with Crippen molar-refractivity contribution in [2.45, 2.75) is 157 Å². The van der Waals surface area contributed by atoms with Crippen LogP contribution in [0.25, 0.3) is 11.1 Å². The Balaban J connectivity index is 0.000000271. The number of allylic oxidation sites excluding steroid dienone is 5. The molecule has 74 heavy (non-hydrogen) atoms. The zero-order valence-electron chi connectivity index (χ0n) is 44.4. The standard InChI is InChI=1S/C17H24N2O3.C17H18N2O2.C16H24N2O4.C6H10O2.CH4/c1-12(20)13-5-7-14(8-6-13)15-10-18-19(11-15)17(2,3)9-16(21)22-4;20-17(21-12-13-4-2-1-3-5-13)15-8-6-14(7-9-15)16-10-18-19-11-16;1-16(2,8-14(19)22-3)18-10-13(9-17-18)11-4-6-12(7-5-11)15(20)21;1-5(2)4-6(7)8-3;/h7,10-11,13H,5-6,8-9H2,1-4H3;1-6,10-11,15H,7-9,12H2,(H,18,19);9-12H,4-8H2,1-3H3,(H,20,21);4H,1-3H3;1H4. The number of esters is 4. The quantitative estimate of drug-likeness (QED) is 0.0642. The molecule has 2 unspecified atom stereocenters. The minimum absolute atomic E-state index is 0. The maximum Gasteiger partial charge on any atom is 0.330 e. The number of benzene rings is 1. The van der Waals surface area contributed by atoms with Crippen molar-refractivity contribution in [3.63, 3.8) is 0 Å². The number of aliphatic carboxylic acids is 1. The van der Waals surface area contributed by atoms with E-state index in [-0.39, 0.29) is 67.7 Å². The Morgan fingerprint density at radius 3 is 1.73 bits per heavy atom. The lowest BCUT2D eigenvalue weighted by molar-refractivity contribution is -0.150. The maximum atomic E-state index is 12.1. The van der Waals surface area contributed by atoms with Gasteiger partial charge in [-0.3, -0.25) is 38.4 Å². The Labute approximate surface area is 437 Å². The Morgan fingerprint density at radius 2 is 1.26 bits per heavy atom. The van der Waals surface area contributed by atoms with Crippen LogP contribution in [0.15, 0.2) is 91.3 Å². The summed E-state index contributed by atoms with van der Waals surface area (Å²) < 4.78 is 22.8. The Morgan fingerprint density at radius 1 is 0.703 bits per heavy atom. The summed E-state index contributed by atoms with van der Waals surface area (Å²) in [6.45, 7) is 13.5. The zero-order chi connectivity index (χ0) is 53.7. The number of ether oxygens (including phenoxy) is 4. The molecule has 0 amide bonds. The van der Waals surface area contributed by atoms with E-state index in [1.807, 2.05) is 118 Å². The largest absolute Gasteiger partial charge is 0.481 e. The molecule has 0 spiro atoms. The van der Waals surface area contributed by atoms with Crippen LogP contribution in [-0.4, -0.2) is 91.8 Å². The molecule has 1 saturated carbocycles. The topological polar surface area (TPSA) is 224 Å². The number of methoxy groups -OCH3 is 3. The van der Waals surface area contributed by atoms with Crippen molar-refractivity contribution in [3.05, 3.63) is 114 Å². The predicted molar refractivity (Wildman–Crippen MR) is 283 cm³/mol. The molecule has 7 rings (SSSR count). The minimum Gasteiger partial charge on any atom is -0.481 e. The molecule has 1 fully saturated rings. The second-order valence-electron chi connectivity index (χ2n) is 20.2. The van der Waals surface area contributed by atoms with Crippen LogP contribution in [0.2, 0.25) is 0 Å². The average molecular weight is 1030 g/mol. The van der Waals surface area contributed by atoms with Crippen molar-refractivity contribution in [3.8, 4) is 0 Å². The molecule has 17 heteroatoms. The van der Waals surface area contributed by atoms with E-state index >= 15 is 0 Å². The highest BCUT2D eigenvalue weighted by Gasteiger charge is 2.31. The van der Waals surface area contributed by atoms with E-state index in [1.54, 1.807) is 6.92 Å². The lowest BCUT2D eigenvalue weighted by Gasteiger charge is -2.26. The molecule has 0 saturated heterocycles. The first-order valence-corrected chi connectivity index (χ1v) is 24.9. The molecule has 0 radical (unpaired) electrons. The third-order valence-electron chi connectivity index (χ3n) is 13.4. The molecule has 3 heterocycles. The number of aromatic nitrogens is 6. The van der Waals surface area contributed by atoms with Crippen molar-refractivity contribution >= 4 is 46.8 Å². The molecule has 3 aromatic heterocycles. The van der Waals surface area contributed by atoms with Crippen LogP contribution in [0.1, 0.15) is 161 Å². The Bertz CT molecular complexity index is 2520. The van der Waals surface area contributed by atoms with Gasteiger partial charge in [0.25, 0.3) is 0 Å². The van der Waals surface area contributed by atoms with Crippen molar-refractivity contribution in [1.82, 2.24) is 29.8 Å². The van der Waals surface area contributed by atoms with Crippen molar-refractivity contribution in [2.24, 2.45) is 17.8 Å². The second-order valence-corrected chi connectivity index (χ2v) is 20.2. The van der Waals surface area contributed by atoms with Crippen LogP contribution < -0.4 is 0 Å². The number of H-pyrrole nitrogens is 1. The van der Waals surface area contributed by atoms with Gasteiger partial charge in [0.2, 0.25) is 0 Å². The van der Waals surface area contributed by atoms with E-state index in [9.17, 15) is 28.8 Å². The summed E-state index contributed by atoms with van der Waals surface area (Å²) >= 11 is 0. The molecule has 17 nitrogen and oxygen atoms in total. The number of carbonyl (C=O) groups excluding carboxylic acids is 5. The number of carbonyl (C=O) groups is 6. The number of ketones is 1. The fraction of sp³-hybridized carbons (Fsp3) is 0.526. The second kappa shape index (κ2) is 29.7. The highest BCUT2D eigenvalue weighted by molar-refractivity contribution is 5.82. The molecule has 0 aliphatic heterocycles. The molecule has 4 aromatic rings. The SMILES string of the molecule is C.COC(=O)C=C(C)C.COC(=O)CC(C)(C)n1cc(C2=CCC(C(C)=O)CC2)cn1.COC(=O)CC(C)(C)n1cc(C2CCC(C(=O)O)CC2)cn1.O=C(OCc1ccccc1)C1CC=C(c2cn[nH]c2)CC1.